The third-order valence-electron chi connectivity index (χ3n) is 3.60. The Kier molecular flexibility index (Phi) is 4.92. The van der Waals surface area contributed by atoms with E-state index in [1.165, 1.54) is 0 Å². The maximum absolute atomic E-state index is 13.0. The number of aromatic nitrogens is 1. The van der Waals surface area contributed by atoms with Crippen molar-refractivity contribution in [2.24, 2.45) is 10.7 Å². The van der Waals surface area contributed by atoms with Crippen LogP contribution in [0, 0.1) is 0 Å². The van der Waals surface area contributed by atoms with Gasteiger partial charge in [0.1, 0.15) is 11.9 Å². The number of nitrogens with one attached hydrogen (secondary N) is 1. The third-order valence-corrected chi connectivity index (χ3v) is 3.60. The van der Waals surface area contributed by atoms with E-state index in [2.05, 4.69) is 15.3 Å². The van der Waals surface area contributed by atoms with Crippen LogP contribution < -0.4 is 11.1 Å². The van der Waals surface area contributed by atoms with E-state index in [0.717, 1.165) is 6.92 Å². The van der Waals surface area contributed by atoms with Crippen LogP contribution in [0.5, 0.6) is 0 Å². The van der Waals surface area contributed by atoms with Crippen LogP contribution in [0.2, 0.25) is 0 Å². The normalized spacial score (nSPS) is 19.6. The molecular formula is C14H21F2N5O. The number of fused-ring (bicyclic) bond motifs is 1. The van der Waals surface area contributed by atoms with Gasteiger partial charge in [0.2, 0.25) is 5.92 Å². The second-order valence-electron chi connectivity index (χ2n) is 5.55. The zero-order valence-electron chi connectivity index (χ0n) is 12.6. The van der Waals surface area contributed by atoms with Gasteiger partial charge in [0, 0.05) is 25.7 Å². The summed E-state index contributed by atoms with van der Waals surface area (Å²) >= 11 is 0. The van der Waals surface area contributed by atoms with Gasteiger partial charge in [-0.05, 0) is 25.5 Å². The molecule has 6 nitrogen and oxygen atoms in total. The fraction of sp³-hybridized carbons (Fsp3) is 0.571. The fourth-order valence-corrected chi connectivity index (χ4v) is 2.30. The second kappa shape index (κ2) is 6.53. The molecule has 2 heterocycles. The SMILES string of the molecule is CN1C(N)=Nc2cccnc2C1N[C@@H](CO)CCC(C)(F)F. The summed E-state index contributed by atoms with van der Waals surface area (Å²) in [6, 6.07) is 3.04. The Hall–Kier alpha value is -1.80. The standard InChI is InChI=1S/C14H21F2N5O/c1-14(15,16)6-5-9(8-22)19-12-11-10(4-3-7-18-11)20-13(17)21(12)2/h3-4,7,9,12,19,22H,5-6,8H2,1-2H3,(H2,17,20)/t9-,12?/m1/s1. The predicted molar refractivity (Wildman–Crippen MR) is 79.9 cm³/mol. The highest BCUT2D eigenvalue weighted by molar-refractivity contribution is 5.83. The lowest BCUT2D eigenvalue weighted by atomic mass is 10.1. The van der Waals surface area contributed by atoms with Gasteiger partial charge in [0.25, 0.3) is 0 Å². The number of aliphatic imine (C=N–C) groups is 1. The number of aliphatic hydroxyl groups is 1. The molecule has 8 heteroatoms. The molecule has 0 radical (unpaired) electrons. The van der Waals surface area contributed by atoms with Gasteiger partial charge >= 0.3 is 0 Å². The van der Waals surface area contributed by atoms with Crippen LogP contribution in [0.4, 0.5) is 14.5 Å². The second-order valence-corrected chi connectivity index (χ2v) is 5.55. The van der Waals surface area contributed by atoms with Gasteiger partial charge in [-0.1, -0.05) is 0 Å². The number of hydrogen-bond donors (Lipinski definition) is 3. The average molecular weight is 313 g/mol. The van der Waals surface area contributed by atoms with Crippen LogP contribution in [0.25, 0.3) is 0 Å². The number of pyridine rings is 1. The van der Waals surface area contributed by atoms with E-state index in [1.807, 2.05) is 0 Å². The van der Waals surface area contributed by atoms with Gasteiger partial charge in [-0.2, -0.15) is 0 Å². The van der Waals surface area contributed by atoms with Crippen molar-refractivity contribution in [3.8, 4) is 0 Å². The highest BCUT2D eigenvalue weighted by Crippen LogP contribution is 2.30. The van der Waals surface area contributed by atoms with Gasteiger partial charge in [-0.25, -0.2) is 13.8 Å². The van der Waals surface area contributed by atoms with E-state index in [4.69, 9.17) is 5.73 Å². The first-order valence-corrected chi connectivity index (χ1v) is 7.08. The third kappa shape index (κ3) is 3.89. The van der Waals surface area contributed by atoms with Gasteiger partial charge < -0.3 is 15.7 Å². The Morgan fingerprint density at radius 1 is 1.55 bits per heavy atom. The quantitative estimate of drug-likeness (QED) is 0.738. The molecule has 1 aromatic heterocycles. The van der Waals surface area contributed by atoms with E-state index in [1.54, 1.807) is 30.3 Å². The molecular weight excluding hydrogens is 292 g/mol. The number of guanidine groups is 1. The van der Waals surface area contributed by atoms with Gasteiger partial charge in [0.15, 0.2) is 5.96 Å². The fourth-order valence-electron chi connectivity index (χ4n) is 2.30. The molecule has 0 spiro atoms. The van der Waals surface area contributed by atoms with Crippen LogP contribution in [0.1, 0.15) is 31.6 Å². The number of hydrogen-bond acceptors (Lipinski definition) is 6. The van der Waals surface area contributed by atoms with E-state index in [0.29, 0.717) is 17.3 Å². The number of nitrogens with zero attached hydrogens (tertiary/aromatic N) is 3. The monoisotopic (exact) mass is 313 g/mol. The van der Waals surface area contributed by atoms with Gasteiger partial charge in [0.05, 0.1) is 12.3 Å². The Balaban J connectivity index is 2.14. The number of alkyl halides is 2. The van der Waals surface area contributed by atoms with Crippen molar-refractivity contribution in [3.05, 3.63) is 24.0 Å². The Labute approximate surface area is 128 Å². The minimum atomic E-state index is -2.76. The summed E-state index contributed by atoms with van der Waals surface area (Å²) in [5, 5.41) is 12.6. The molecule has 0 bridgehead atoms. The van der Waals surface area contributed by atoms with Crippen molar-refractivity contribution >= 4 is 11.6 Å². The van der Waals surface area contributed by atoms with Crippen LogP contribution >= 0.6 is 0 Å². The first kappa shape index (κ1) is 16.6. The van der Waals surface area contributed by atoms with Crippen LogP contribution in [-0.2, 0) is 0 Å². The minimum absolute atomic E-state index is 0.142. The molecule has 4 N–H and O–H groups in total. The first-order chi connectivity index (χ1) is 10.3. The van der Waals surface area contributed by atoms with E-state index in [-0.39, 0.29) is 19.4 Å². The molecule has 0 amide bonds. The molecule has 122 valence electrons. The number of rotatable bonds is 6. The lowest BCUT2D eigenvalue weighted by Gasteiger charge is -2.35. The summed E-state index contributed by atoms with van der Waals surface area (Å²) in [7, 11) is 1.73. The smallest absolute Gasteiger partial charge is 0.245 e. The summed E-state index contributed by atoms with van der Waals surface area (Å²) in [4.78, 5) is 10.2. The van der Waals surface area contributed by atoms with Crippen molar-refractivity contribution in [1.29, 1.82) is 0 Å². The van der Waals surface area contributed by atoms with Crippen molar-refractivity contribution in [3.63, 3.8) is 0 Å². The molecule has 1 aliphatic heterocycles. The maximum Gasteiger partial charge on any atom is 0.245 e. The van der Waals surface area contributed by atoms with Crippen LogP contribution in [0.3, 0.4) is 0 Å². The number of halogens is 2. The summed E-state index contributed by atoms with van der Waals surface area (Å²) in [5.41, 5.74) is 7.16. The Morgan fingerprint density at radius 3 is 2.91 bits per heavy atom. The predicted octanol–water partition coefficient (Wildman–Crippen LogP) is 1.36. The van der Waals surface area contributed by atoms with E-state index >= 15 is 0 Å². The molecule has 2 atom stereocenters. The molecule has 1 aliphatic rings. The minimum Gasteiger partial charge on any atom is -0.395 e. The zero-order chi connectivity index (χ0) is 16.3. The van der Waals surface area contributed by atoms with Gasteiger partial charge in [-0.3, -0.25) is 10.3 Å². The largest absolute Gasteiger partial charge is 0.395 e. The number of aliphatic hydroxyl groups excluding tert-OH is 1. The van der Waals surface area contributed by atoms with Crippen LogP contribution in [-0.4, -0.2) is 46.6 Å². The molecule has 0 saturated heterocycles. The molecule has 0 saturated carbocycles. The van der Waals surface area contributed by atoms with Crippen molar-refractivity contribution in [2.45, 2.75) is 37.9 Å². The average Bonchev–Trinajstić information content (AvgIpc) is 2.46. The maximum atomic E-state index is 13.0. The summed E-state index contributed by atoms with van der Waals surface area (Å²) in [6.45, 7) is 0.620. The van der Waals surface area contributed by atoms with Crippen molar-refractivity contribution in [1.82, 2.24) is 15.2 Å². The summed E-state index contributed by atoms with van der Waals surface area (Å²) in [5.74, 6) is -2.46. The Morgan fingerprint density at radius 2 is 2.27 bits per heavy atom. The molecule has 2 rings (SSSR count). The zero-order valence-corrected chi connectivity index (χ0v) is 12.6. The van der Waals surface area contributed by atoms with E-state index < -0.39 is 18.1 Å². The number of nitrogens with two attached hydrogens (primary N) is 1. The lowest BCUT2D eigenvalue weighted by Crippen LogP contribution is -2.49. The highest BCUT2D eigenvalue weighted by Gasteiger charge is 2.30. The van der Waals surface area contributed by atoms with Crippen molar-refractivity contribution < 1.29 is 13.9 Å². The molecule has 0 aromatic carbocycles. The summed E-state index contributed by atoms with van der Waals surface area (Å²) < 4.78 is 26.0. The molecule has 1 aromatic rings. The molecule has 0 aliphatic carbocycles. The lowest BCUT2D eigenvalue weighted by molar-refractivity contribution is 0.00532. The van der Waals surface area contributed by atoms with E-state index in [9.17, 15) is 13.9 Å². The highest BCUT2D eigenvalue weighted by atomic mass is 19.3. The molecule has 0 fully saturated rings. The van der Waals surface area contributed by atoms with Gasteiger partial charge in [-0.15, -0.1) is 0 Å². The van der Waals surface area contributed by atoms with Crippen molar-refractivity contribution in [2.75, 3.05) is 13.7 Å². The molecule has 1 unspecified atom stereocenters. The topological polar surface area (TPSA) is 86.8 Å². The molecule has 22 heavy (non-hydrogen) atoms. The first-order valence-electron chi connectivity index (χ1n) is 7.08. The summed E-state index contributed by atoms with van der Waals surface area (Å²) in [6.07, 6.45) is 1.05. The van der Waals surface area contributed by atoms with Crippen LogP contribution in [0.15, 0.2) is 23.3 Å². The Bertz CT molecular complexity index is 546.